The van der Waals surface area contributed by atoms with Gasteiger partial charge in [-0.1, -0.05) is 60.9 Å². The van der Waals surface area contributed by atoms with Gasteiger partial charge < -0.3 is 10.1 Å². The molecule has 0 spiro atoms. The van der Waals surface area contributed by atoms with E-state index in [9.17, 15) is 4.79 Å². The van der Waals surface area contributed by atoms with Gasteiger partial charge in [0.15, 0.2) is 5.69 Å². The molecule has 0 bridgehead atoms. The molecule has 6 heteroatoms. The summed E-state index contributed by atoms with van der Waals surface area (Å²) in [4.78, 5) is 13.3. The smallest absolute Gasteiger partial charge is 0.272 e. The number of fused-ring (bicyclic) bond motifs is 1. The van der Waals surface area contributed by atoms with Gasteiger partial charge in [0.25, 0.3) is 5.91 Å². The lowest BCUT2D eigenvalue weighted by Gasteiger charge is -2.25. The van der Waals surface area contributed by atoms with E-state index in [-0.39, 0.29) is 17.9 Å². The SMILES string of the molecule is COC[C@H](NC(=O)c1n[nH]c2c1CCCCC[C@H]2Cc1cccc(Cl)c1)C1C=CC=CC1. The summed E-state index contributed by atoms with van der Waals surface area (Å²) in [5.74, 6) is 0.411. The number of methoxy groups -OCH3 is 1. The molecule has 5 nitrogen and oxygen atoms in total. The van der Waals surface area contributed by atoms with E-state index in [0.29, 0.717) is 18.2 Å². The molecular formula is C26H32ClN3O2. The Labute approximate surface area is 195 Å². The van der Waals surface area contributed by atoms with Crippen LogP contribution in [0.5, 0.6) is 0 Å². The van der Waals surface area contributed by atoms with Crippen molar-refractivity contribution in [1.82, 2.24) is 15.5 Å². The van der Waals surface area contributed by atoms with Crippen LogP contribution in [0.2, 0.25) is 5.02 Å². The fourth-order valence-corrected chi connectivity index (χ4v) is 5.12. The minimum absolute atomic E-state index is 0.0862. The largest absolute Gasteiger partial charge is 0.383 e. The highest BCUT2D eigenvalue weighted by molar-refractivity contribution is 6.30. The zero-order valence-corrected chi connectivity index (χ0v) is 19.4. The maximum Gasteiger partial charge on any atom is 0.272 e. The third-order valence-electron chi connectivity index (χ3n) is 6.57. The number of rotatable bonds is 7. The van der Waals surface area contributed by atoms with E-state index >= 15 is 0 Å². The number of H-pyrrole nitrogens is 1. The second-order valence-corrected chi connectivity index (χ2v) is 9.28. The Kier molecular flexibility index (Phi) is 7.82. The van der Waals surface area contributed by atoms with Crippen LogP contribution in [0.3, 0.4) is 0 Å². The number of carbonyl (C=O) groups is 1. The first-order valence-electron chi connectivity index (χ1n) is 11.6. The summed E-state index contributed by atoms with van der Waals surface area (Å²) in [5, 5.41) is 11.7. The molecule has 1 amide bonds. The standard InChI is InChI=1S/C26H32ClN3O2/c1-32-17-23(19-10-4-2-5-11-19)28-26(31)25-22-14-7-3-6-12-20(24(22)29-30-25)15-18-9-8-13-21(27)16-18/h2,4-5,8-10,13,16,19-20,23H,3,6-7,11-12,14-15,17H2,1H3,(H,28,31)(H,29,30)/t19?,20-,23-/m0/s1. The predicted molar refractivity (Wildman–Crippen MR) is 128 cm³/mol. The monoisotopic (exact) mass is 453 g/mol. The number of benzene rings is 1. The van der Waals surface area contributed by atoms with Gasteiger partial charge in [-0.2, -0.15) is 5.10 Å². The van der Waals surface area contributed by atoms with E-state index in [1.54, 1.807) is 7.11 Å². The van der Waals surface area contributed by atoms with Crippen LogP contribution >= 0.6 is 11.6 Å². The van der Waals surface area contributed by atoms with E-state index in [2.05, 4.69) is 33.7 Å². The third kappa shape index (κ3) is 5.51. The number of ether oxygens (including phenoxy) is 1. The zero-order valence-electron chi connectivity index (χ0n) is 18.6. The molecule has 0 saturated carbocycles. The summed E-state index contributed by atoms with van der Waals surface area (Å²) in [6.45, 7) is 0.471. The minimum Gasteiger partial charge on any atom is -0.383 e. The van der Waals surface area contributed by atoms with Crippen molar-refractivity contribution in [3.05, 3.63) is 76.1 Å². The lowest BCUT2D eigenvalue weighted by atomic mass is 9.85. The molecule has 2 aliphatic carbocycles. The van der Waals surface area contributed by atoms with Gasteiger partial charge in [-0.3, -0.25) is 9.89 Å². The number of allylic oxidation sites excluding steroid dienone is 3. The van der Waals surface area contributed by atoms with Crippen LogP contribution < -0.4 is 5.32 Å². The summed E-state index contributed by atoms with van der Waals surface area (Å²) in [7, 11) is 1.67. The molecule has 1 unspecified atom stereocenters. The molecule has 0 fully saturated rings. The van der Waals surface area contributed by atoms with Crippen molar-refractivity contribution in [3.8, 4) is 0 Å². The molecule has 170 valence electrons. The van der Waals surface area contributed by atoms with E-state index in [0.717, 1.165) is 48.4 Å². The van der Waals surface area contributed by atoms with E-state index < -0.39 is 0 Å². The molecule has 32 heavy (non-hydrogen) atoms. The van der Waals surface area contributed by atoms with Crippen LogP contribution in [-0.4, -0.2) is 35.9 Å². The summed E-state index contributed by atoms with van der Waals surface area (Å²) in [6.07, 6.45) is 15.5. The number of nitrogens with one attached hydrogen (secondary N) is 2. The molecule has 3 atom stereocenters. The van der Waals surface area contributed by atoms with Gasteiger partial charge in [-0.25, -0.2) is 0 Å². The molecule has 1 aromatic carbocycles. The third-order valence-corrected chi connectivity index (χ3v) is 6.80. The first kappa shape index (κ1) is 22.8. The number of aromatic nitrogens is 2. The molecular weight excluding hydrogens is 422 g/mol. The second kappa shape index (κ2) is 11.0. The van der Waals surface area contributed by atoms with Crippen LogP contribution in [-0.2, 0) is 17.6 Å². The number of hydrogen-bond acceptors (Lipinski definition) is 3. The Balaban J connectivity index is 1.55. The molecule has 0 aliphatic heterocycles. The molecule has 2 aliphatic rings. The Morgan fingerprint density at radius 2 is 2.22 bits per heavy atom. The maximum atomic E-state index is 13.3. The molecule has 1 heterocycles. The highest BCUT2D eigenvalue weighted by atomic mass is 35.5. The highest BCUT2D eigenvalue weighted by Crippen LogP contribution is 2.33. The average Bonchev–Trinajstić information content (AvgIpc) is 3.20. The lowest BCUT2D eigenvalue weighted by Crippen LogP contribution is -2.43. The van der Waals surface area contributed by atoms with Crippen molar-refractivity contribution in [1.29, 1.82) is 0 Å². The second-order valence-electron chi connectivity index (χ2n) is 8.84. The van der Waals surface area contributed by atoms with Gasteiger partial charge >= 0.3 is 0 Å². The summed E-state index contributed by atoms with van der Waals surface area (Å²) >= 11 is 6.21. The number of hydrogen-bond donors (Lipinski definition) is 2. The normalized spacial score (nSPS) is 21.4. The number of nitrogens with zero attached hydrogens (tertiary/aromatic N) is 1. The Bertz CT molecular complexity index is 981. The van der Waals surface area contributed by atoms with Crippen LogP contribution in [0.15, 0.2) is 48.6 Å². The van der Waals surface area contributed by atoms with Gasteiger partial charge in [0, 0.05) is 35.2 Å². The topological polar surface area (TPSA) is 67.0 Å². The van der Waals surface area contributed by atoms with Crippen LogP contribution in [0.25, 0.3) is 0 Å². The van der Waals surface area contributed by atoms with E-state index in [4.69, 9.17) is 16.3 Å². The minimum atomic E-state index is -0.116. The fraction of sp³-hybridized carbons (Fsp3) is 0.462. The summed E-state index contributed by atoms with van der Waals surface area (Å²) < 4.78 is 5.41. The number of halogens is 1. The van der Waals surface area contributed by atoms with Gasteiger partial charge in [0.05, 0.1) is 12.6 Å². The van der Waals surface area contributed by atoms with Crippen molar-refractivity contribution < 1.29 is 9.53 Å². The Morgan fingerprint density at radius 1 is 1.31 bits per heavy atom. The fourth-order valence-electron chi connectivity index (χ4n) is 4.91. The van der Waals surface area contributed by atoms with Crippen LogP contribution in [0, 0.1) is 5.92 Å². The molecule has 0 radical (unpaired) electrons. The highest BCUT2D eigenvalue weighted by Gasteiger charge is 2.28. The molecule has 0 saturated heterocycles. The maximum absolute atomic E-state index is 13.3. The first-order valence-corrected chi connectivity index (χ1v) is 12.0. The van der Waals surface area contributed by atoms with Gasteiger partial charge in [-0.05, 0) is 49.8 Å². The summed E-state index contributed by atoms with van der Waals surface area (Å²) in [6, 6.07) is 7.97. The Morgan fingerprint density at radius 3 is 3.00 bits per heavy atom. The number of amides is 1. The molecule has 2 aromatic rings. The predicted octanol–water partition coefficient (Wildman–Crippen LogP) is 5.38. The van der Waals surface area contributed by atoms with Gasteiger partial charge in [0.1, 0.15) is 0 Å². The molecule has 2 N–H and O–H groups in total. The first-order chi connectivity index (χ1) is 15.7. The van der Waals surface area contributed by atoms with Gasteiger partial charge in [0.2, 0.25) is 0 Å². The average molecular weight is 454 g/mol. The number of aromatic amines is 1. The van der Waals surface area contributed by atoms with Crippen LogP contribution in [0.4, 0.5) is 0 Å². The van der Waals surface area contributed by atoms with E-state index in [1.807, 2.05) is 30.4 Å². The number of carbonyl (C=O) groups excluding carboxylic acids is 1. The molecule has 1 aromatic heterocycles. The lowest BCUT2D eigenvalue weighted by molar-refractivity contribution is 0.0865. The van der Waals surface area contributed by atoms with Crippen LogP contribution in [0.1, 0.15) is 65.3 Å². The quantitative estimate of drug-likeness (QED) is 0.591. The van der Waals surface area contributed by atoms with Gasteiger partial charge in [-0.15, -0.1) is 0 Å². The van der Waals surface area contributed by atoms with Crippen molar-refractivity contribution in [2.24, 2.45) is 5.92 Å². The van der Waals surface area contributed by atoms with Crippen molar-refractivity contribution >= 4 is 17.5 Å². The van der Waals surface area contributed by atoms with Crippen molar-refractivity contribution in [3.63, 3.8) is 0 Å². The van der Waals surface area contributed by atoms with Crippen molar-refractivity contribution in [2.45, 2.75) is 56.9 Å². The zero-order chi connectivity index (χ0) is 22.3. The Hall–Kier alpha value is -2.37. The van der Waals surface area contributed by atoms with E-state index in [1.165, 1.54) is 18.4 Å². The van der Waals surface area contributed by atoms with Crippen molar-refractivity contribution in [2.75, 3.05) is 13.7 Å². The summed E-state index contributed by atoms with van der Waals surface area (Å²) in [5.41, 5.74) is 3.93. The molecule has 4 rings (SSSR count).